The first-order valence-corrected chi connectivity index (χ1v) is 5.94. The molecule has 1 saturated heterocycles. The highest BCUT2D eigenvalue weighted by atomic mass is 16.5. The lowest BCUT2D eigenvalue weighted by atomic mass is 9.88. The van der Waals surface area contributed by atoms with E-state index in [1.165, 1.54) is 0 Å². The van der Waals surface area contributed by atoms with Crippen LogP contribution in [0.4, 0.5) is 0 Å². The Kier molecular flexibility index (Phi) is 5.84. The fourth-order valence-electron chi connectivity index (χ4n) is 1.77. The van der Waals surface area contributed by atoms with Crippen LogP contribution in [0.15, 0.2) is 0 Å². The number of carboxylic acid groups (broad SMARTS) is 1. The molecule has 0 radical (unpaired) electrons. The van der Waals surface area contributed by atoms with Gasteiger partial charge >= 0.3 is 5.97 Å². The van der Waals surface area contributed by atoms with E-state index < -0.39 is 5.97 Å². The standard InChI is InChI=1S/C11H23N3O3/c1-14(2)4-6-17-5-3-13-11(7-10(15)16)8-12-9-11/h12-13H,3-9H2,1-2H3,(H,15,16). The molecule has 0 amide bonds. The molecule has 100 valence electrons. The molecule has 6 nitrogen and oxygen atoms in total. The van der Waals surface area contributed by atoms with Gasteiger partial charge in [-0.15, -0.1) is 0 Å². The second-order valence-electron chi connectivity index (χ2n) is 4.80. The van der Waals surface area contributed by atoms with Crippen LogP contribution >= 0.6 is 0 Å². The predicted octanol–water partition coefficient (Wildman–Crippen LogP) is -1.03. The first-order chi connectivity index (χ1) is 8.04. The molecule has 1 aliphatic heterocycles. The minimum atomic E-state index is -0.757. The second kappa shape index (κ2) is 6.90. The summed E-state index contributed by atoms with van der Waals surface area (Å²) in [6.45, 7) is 4.37. The lowest BCUT2D eigenvalue weighted by Gasteiger charge is -2.42. The minimum Gasteiger partial charge on any atom is -0.481 e. The average molecular weight is 245 g/mol. The van der Waals surface area contributed by atoms with Crippen molar-refractivity contribution in [3.63, 3.8) is 0 Å². The number of carbonyl (C=O) groups is 1. The highest BCUT2D eigenvalue weighted by Gasteiger charge is 2.38. The zero-order valence-corrected chi connectivity index (χ0v) is 10.7. The van der Waals surface area contributed by atoms with Gasteiger partial charge in [0.25, 0.3) is 0 Å². The van der Waals surface area contributed by atoms with Crippen molar-refractivity contribution in [3.05, 3.63) is 0 Å². The summed E-state index contributed by atoms with van der Waals surface area (Å²) in [6.07, 6.45) is 0.164. The van der Waals surface area contributed by atoms with Crippen molar-refractivity contribution >= 4 is 5.97 Å². The number of hydrogen-bond donors (Lipinski definition) is 3. The number of rotatable bonds is 9. The van der Waals surface area contributed by atoms with Crippen molar-refractivity contribution in [1.29, 1.82) is 0 Å². The van der Waals surface area contributed by atoms with Gasteiger partial charge < -0.3 is 25.4 Å². The minimum absolute atomic E-state index is 0.164. The molecule has 0 aromatic rings. The molecule has 6 heteroatoms. The zero-order valence-electron chi connectivity index (χ0n) is 10.7. The zero-order chi connectivity index (χ0) is 12.7. The summed E-state index contributed by atoms with van der Waals surface area (Å²) in [5.74, 6) is -0.757. The molecule has 0 bridgehead atoms. The Hall–Kier alpha value is -0.690. The number of aliphatic carboxylic acids is 1. The molecule has 1 rings (SSSR count). The topological polar surface area (TPSA) is 73.8 Å². The fraction of sp³-hybridized carbons (Fsp3) is 0.909. The van der Waals surface area contributed by atoms with Gasteiger partial charge in [0.2, 0.25) is 0 Å². The summed E-state index contributed by atoms with van der Waals surface area (Å²) in [5.41, 5.74) is -0.267. The normalized spacial score (nSPS) is 18.1. The van der Waals surface area contributed by atoms with E-state index in [1.54, 1.807) is 0 Å². The monoisotopic (exact) mass is 245 g/mol. The summed E-state index contributed by atoms with van der Waals surface area (Å²) in [5, 5.41) is 15.2. The number of nitrogens with zero attached hydrogens (tertiary/aromatic N) is 1. The molecule has 0 atom stereocenters. The molecule has 0 unspecified atom stereocenters. The van der Waals surface area contributed by atoms with Gasteiger partial charge in [0.15, 0.2) is 0 Å². The molecule has 0 aliphatic carbocycles. The maximum atomic E-state index is 10.7. The van der Waals surface area contributed by atoms with E-state index in [1.807, 2.05) is 14.1 Å². The number of carboxylic acids is 1. The smallest absolute Gasteiger partial charge is 0.305 e. The van der Waals surface area contributed by atoms with Crippen molar-refractivity contribution in [1.82, 2.24) is 15.5 Å². The number of likely N-dealkylation sites (N-methyl/N-ethyl adjacent to an activating group) is 1. The van der Waals surface area contributed by atoms with E-state index >= 15 is 0 Å². The van der Waals surface area contributed by atoms with E-state index in [-0.39, 0.29) is 12.0 Å². The molecule has 1 heterocycles. The largest absolute Gasteiger partial charge is 0.481 e. The van der Waals surface area contributed by atoms with Crippen molar-refractivity contribution in [3.8, 4) is 0 Å². The Morgan fingerprint density at radius 1 is 1.47 bits per heavy atom. The fourth-order valence-corrected chi connectivity index (χ4v) is 1.77. The van der Waals surface area contributed by atoms with Crippen molar-refractivity contribution in [2.45, 2.75) is 12.0 Å². The van der Waals surface area contributed by atoms with Crippen LogP contribution in [0.1, 0.15) is 6.42 Å². The number of hydrogen-bond acceptors (Lipinski definition) is 5. The average Bonchev–Trinajstić information content (AvgIpc) is 2.18. The van der Waals surface area contributed by atoms with Crippen LogP contribution in [0.5, 0.6) is 0 Å². The predicted molar refractivity (Wildman–Crippen MR) is 65.2 cm³/mol. The third-order valence-electron chi connectivity index (χ3n) is 2.85. The van der Waals surface area contributed by atoms with Crippen LogP contribution in [0.3, 0.4) is 0 Å². The van der Waals surface area contributed by atoms with Crippen molar-refractivity contribution < 1.29 is 14.6 Å². The Bertz CT molecular complexity index is 242. The SMILES string of the molecule is CN(C)CCOCCNC1(CC(=O)O)CNC1. The Labute approximate surface area is 102 Å². The third kappa shape index (κ3) is 5.45. The van der Waals surface area contributed by atoms with Crippen LogP contribution in [0.25, 0.3) is 0 Å². The van der Waals surface area contributed by atoms with E-state index in [9.17, 15) is 4.79 Å². The van der Waals surface area contributed by atoms with E-state index in [2.05, 4.69) is 15.5 Å². The molecular formula is C11H23N3O3. The van der Waals surface area contributed by atoms with Crippen LogP contribution in [-0.2, 0) is 9.53 Å². The molecule has 0 aromatic carbocycles. The van der Waals surface area contributed by atoms with Crippen molar-refractivity contribution in [2.75, 3.05) is 53.5 Å². The van der Waals surface area contributed by atoms with Gasteiger partial charge in [-0.05, 0) is 14.1 Å². The van der Waals surface area contributed by atoms with Gasteiger partial charge in [-0.3, -0.25) is 4.79 Å². The summed E-state index contributed by atoms with van der Waals surface area (Å²) in [6, 6.07) is 0. The quantitative estimate of drug-likeness (QED) is 0.451. The maximum absolute atomic E-state index is 10.7. The lowest BCUT2D eigenvalue weighted by molar-refractivity contribution is -0.139. The Morgan fingerprint density at radius 2 is 2.18 bits per heavy atom. The first kappa shape index (κ1) is 14.4. The molecular weight excluding hydrogens is 222 g/mol. The molecule has 3 N–H and O–H groups in total. The lowest BCUT2D eigenvalue weighted by Crippen LogP contribution is -2.68. The molecule has 1 fully saturated rings. The van der Waals surface area contributed by atoms with E-state index in [0.29, 0.717) is 19.8 Å². The molecule has 1 aliphatic rings. The molecule has 17 heavy (non-hydrogen) atoms. The van der Waals surface area contributed by atoms with Crippen LogP contribution in [0, 0.1) is 0 Å². The van der Waals surface area contributed by atoms with Crippen LogP contribution in [0.2, 0.25) is 0 Å². The third-order valence-corrected chi connectivity index (χ3v) is 2.85. The van der Waals surface area contributed by atoms with Gasteiger partial charge in [0, 0.05) is 26.2 Å². The van der Waals surface area contributed by atoms with Gasteiger partial charge in [-0.25, -0.2) is 0 Å². The van der Waals surface area contributed by atoms with Gasteiger partial charge in [-0.1, -0.05) is 0 Å². The van der Waals surface area contributed by atoms with E-state index in [4.69, 9.17) is 9.84 Å². The Morgan fingerprint density at radius 3 is 2.65 bits per heavy atom. The maximum Gasteiger partial charge on any atom is 0.305 e. The summed E-state index contributed by atoms with van der Waals surface area (Å²) in [7, 11) is 4.01. The van der Waals surface area contributed by atoms with Gasteiger partial charge in [-0.2, -0.15) is 0 Å². The number of ether oxygens (including phenoxy) is 1. The van der Waals surface area contributed by atoms with Gasteiger partial charge in [0.1, 0.15) is 0 Å². The van der Waals surface area contributed by atoms with Crippen LogP contribution in [-0.4, -0.2) is 75.0 Å². The molecule has 0 aromatic heterocycles. The highest BCUT2D eigenvalue weighted by Crippen LogP contribution is 2.15. The summed E-state index contributed by atoms with van der Waals surface area (Å²) < 4.78 is 5.44. The second-order valence-corrected chi connectivity index (χ2v) is 4.80. The summed E-state index contributed by atoms with van der Waals surface area (Å²) in [4.78, 5) is 12.8. The molecule has 0 spiro atoms. The van der Waals surface area contributed by atoms with E-state index in [0.717, 1.165) is 19.6 Å². The highest BCUT2D eigenvalue weighted by molar-refractivity contribution is 5.68. The van der Waals surface area contributed by atoms with Gasteiger partial charge in [0.05, 0.1) is 25.2 Å². The van der Waals surface area contributed by atoms with Crippen molar-refractivity contribution in [2.24, 2.45) is 0 Å². The summed E-state index contributed by atoms with van der Waals surface area (Å²) >= 11 is 0. The molecule has 0 saturated carbocycles. The Balaban J connectivity index is 2.06. The number of nitrogens with one attached hydrogen (secondary N) is 2. The first-order valence-electron chi connectivity index (χ1n) is 5.94. The van der Waals surface area contributed by atoms with Crippen LogP contribution < -0.4 is 10.6 Å².